The molecule has 2 atom stereocenters. The van der Waals surface area contributed by atoms with Crippen LogP contribution in [0.2, 0.25) is 0 Å². The Morgan fingerprint density at radius 3 is 3.20 bits per heavy atom. The number of furan rings is 1. The first-order chi connectivity index (χ1) is 7.38. The smallest absolute Gasteiger partial charge is 0.113 e. The average molecular weight is 225 g/mol. The van der Waals surface area contributed by atoms with Crippen LogP contribution in [0.1, 0.15) is 31.9 Å². The summed E-state index contributed by atoms with van der Waals surface area (Å²) in [5.74, 6) is 2.13. The molecule has 0 aliphatic heterocycles. The van der Waals surface area contributed by atoms with Crippen LogP contribution in [0.5, 0.6) is 0 Å². The van der Waals surface area contributed by atoms with Crippen molar-refractivity contribution in [2.75, 3.05) is 6.54 Å². The minimum Gasteiger partial charge on any atom is -0.468 e. The van der Waals surface area contributed by atoms with Crippen molar-refractivity contribution < 1.29 is 4.42 Å². The Morgan fingerprint density at radius 2 is 2.47 bits per heavy atom. The Labute approximate surface area is 95.8 Å². The highest BCUT2D eigenvalue weighted by Crippen LogP contribution is 2.31. The van der Waals surface area contributed by atoms with Crippen molar-refractivity contribution in [1.82, 2.24) is 5.32 Å². The second kappa shape index (κ2) is 5.61. The molecule has 1 saturated carbocycles. The van der Waals surface area contributed by atoms with Crippen LogP contribution in [-0.4, -0.2) is 17.8 Å². The van der Waals surface area contributed by atoms with Gasteiger partial charge in [-0.2, -0.15) is 11.8 Å². The van der Waals surface area contributed by atoms with Crippen LogP contribution in [0, 0.1) is 0 Å². The lowest BCUT2D eigenvalue weighted by molar-refractivity contribution is 0.529. The summed E-state index contributed by atoms with van der Waals surface area (Å²) in [6.07, 6.45) is 5.76. The van der Waals surface area contributed by atoms with Gasteiger partial charge in [-0.25, -0.2) is 0 Å². The molecule has 0 spiro atoms. The first-order valence-corrected chi connectivity index (χ1v) is 6.80. The Balaban J connectivity index is 1.69. The minimum absolute atomic E-state index is 0.754. The van der Waals surface area contributed by atoms with Crippen molar-refractivity contribution in [2.24, 2.45) is 0 Å². The summed E-state index contributed by atoms with van der Waals surface area (Å²) < 4.78 is 5.33. The van der Waals surface area contributed by atoms with Gasteiger partial charge in [0.15, 0.2) is 0 Å². The van der Waals surface area contributed by atoms with E-state index in [2.05, 4.69) is 18.3 Å². The lowest BCUT2D eigenvalue weighted by atomic mass is 10.2. The van der Waals surface area contributed by atoms with Gasteiger partial charge in [-0.05, 0) is 37.9 Å². The van der Waals surface area contributed by atoms with Crippen LogP contribution in [0.3, 0.4) is 0 Å². The highest BCUT2D eigenvalue weighted by Gasteiger charge is 2.24. The maximum Gasteiger partial charge on any atom is 0.113 e. The van der Waals surface area contributed by atoms with Crippen LogP contribution >= 0.6 is 11.8 Å². The highest BCUT2D eigenvalue weighted by atomic mass is 32.2. The Morgan fingerprint density at radius 1 is 1.53 bits per heavy atom. The van der Waals surface area contributed by atoms with E-state index in [4.69, 9.17) is 4.42 Å². The normalized spacial score (nSPS) is 25.9. The summed E-state index contributed by atoms with van der Waals surface area (Å²) in [5.41, 5.74) is 0. The molecule has 1 aliphatic carbocycles. The predicted molar refractivity (Wildman–Crippen MR) is 65.1 cm³/mol. The van der Waals surface area contributed by atoms with E-state index in [1.807, 2.05) is 17.8 Å². The summed E-state index contributed by atoms with van der Waals surface area (Å²) in [5, 5.41) is 4.35. The monoisotopic (exact) mass is 225 g/mol. The topological polar surface area (TPSA) is 25.2 Å². The fourth-order valence-corrected chi connectivity index (χ4v) is 3.40. The zero-order chi connectivity index (χ0) is 10.5. The molecule has 84 valence electrons. The van der Waals surface area contributed by atoms with Crippen molar-refractivity contribution in [2.45, 2.75) is 43.2 Å². The number of hydrogen-bond donors (Lipinski definition) is 1. The Bertz CT molecular complexity index is 273. The van der Waals surface area contributed by atoms with Gasteiger partial charge in [0.1, 0.15) is 5.76 Å². The van der Waals surface area contributed by atoms with Crippen LogP contribution in [0.4, 0.5) is 0 Å². The second-order valence-corrected chi connectivity index (χ2v) is 5.37. The number of nitrogens with one attached hydrogen (secondary N) is 1. The second-order valence-electron chi connectivity index (χ2n) is 4.08. The molecule has 1 fully saturated rings. The van der Waals surface area contributed by atoms with E-state index >= 15 is 0 Å². The van der Waals surface area contributed by atoms with E-state index in [1.165, 1.54) is 19.3 Å². The standard InChI is InChI=1S/C12H19NOS/c1-2-13-10-5-6-12(8-10)15-9-11-4-3-7-14-11/h3-4,7,10,12-13H,2,5-6,8-9H2,1H3. The van der Waals surface area contributed by atoms with E-state index in [0.717, 1.165) is 29.3 Å². The van der Waals surface area contributed by atoms with E-state index in [1.54, 1.807) is 6.26 Å². The average Bonchev–Trinajstić information content (AvgIpc) is 2.85. The summed E-state index contributed by atoms with van der Waals surface area (Å²) in [7, 11) is 0. The molecule has 1 heterocycles. The molecule has 15 heavy (non-hydrogen) atoms. The number of thioether (sulfide) groups is 1. The van der Waals surface area contributed by atoms with Crippen LogP contribution in [0.25, 0.3) is 0 Å². The summed E-state index contributed by atoms with van der Waals surface area (Å²) in [6.45, 7) is 3.28. The van der Waals surface area contributed by atoms with Gasteiger partial charge in [0, 0.05) is 11.3 Å². The molecule has 0 radical (unpaired) electrons. The molecule has 2 nitrogen and oxygen atoms in total. The van der Waals surface area contributed by atoms with Crippen molar-refractivity contribution in [3.05, 3.63) is 24.2 Å². The molecular weight excluding hydrogens is 206 g/mol. The molecule has 2 unspecified atom stereocenters. The molecule has 3 heteroatoms. The lowest BCUT2D eigenvalue weighted by Gasteiger charge is -2.11. The molecule has 2 rings (SSSR count). The molecule has 0 bridgehead atoms. The van der Waals surface area contributed by atoms with Gasteiger partial charge in [-0.15, -0.1) is 0 Å². The maximum atomic E-state index is 5.33. The van der Waals surface area contributed by atoms with E-state index in [0.29, 0.717) is 0 Å². The van der Waals surface area contributed by atoms with Gasteiger partial charge in [0.2, 0.25) is 0 Å². The first-order valence-electron chi connectivity index (χ1n) is 5.76. The molecule has 1 N–H and O–H groups in total. The molecule has 1 aromatic heterocycles. The van der Waals surface area contributed by atoms with Gasteiger partial charge in [0.25, 0.3) is 0 Å². The van der Waals surface area contributed by atoms with Crippen LogP contribution in [-0.2, 0) is 5.75 Å². The molecule has 1 aromatic rings. The third-order valence-corrected chi connectivity index (χ3v) is 4.27. The summed E-state index contributed by atoms with van der Waals surface area (Å²) in [6, 6.07) is 4.78. The van der Waals surface area contributed by atoms with Crippen LogP contribution in [0.15, 0.2) is 22.8 Å². The maximum absolute atomic E-state index is 5.33. The quantitative estimate of drug-likeness (QED) is 0.834. The first kappa shape index (κ1) is 11.1. The minimum atomic E-state index is 0.754. The Hall–Kier alpha value is -0.410. The SMILES string of the molecule is CCNC1CCC(SCc2ccco2)C1. The fourth-order valence-electron chi connectivity index (χ4n) is 2.16. The van der Waals surface area contributed by atoms with Crippen LogP contribution < -0.4 is 5.32 Å². The van der Waals surface area contributed by atoms with E-state index in [-0.39, 0.29) is 0 Å². The van der Waals surface area contributed by atoms with Gasteiger partial charge >= 0.3 is 0 Å². The van der Waals surface area contributed by atoms with Crippen molar-refractivity contribution >= 4 is 11.8 Å². The molecule has 1 aliphatic rings. The molecular formula is C12H19NOS. The zero-order valence-electron chi connectivity index (χ0n) is 9.24. The van der Waals surface area contributed by atoms with Gasteiger partial charge in [-0.1, -0.05) is 6.92 Å². The van der Waals surface area contributed by atoms with Gasteiger partial charge in [-0.3, -0.25) is 0 Å². The van der Waals surface area contributed by atoms with Crippen molar-refractivity contribution in [3.63, 3.8) is 0 Å². The predicted octanol–water partition coefficient (Wildman–Crippen LogP) is 3.04. The molecule has 0 saturated heterocycles. The lowest BCUT2D eigenvalue weighted by Crippen LogP contribution is -2.26. The molecule has 0 amide bonds. The van der Waals surface area contributed by atoms with Gasteiger partial charge in [0.05, 0.1) is 12.0 Å². The zero-order valence-corrected chi connectivity index (χ0v) is 10.1. The fraction of sp³-hybridized carbons (Fsp3) is 0.667. The highest BCUT2D eigenvalue weighted by molar-refractivity contribution is 7.99. The molecule has 0 aromatic carbocycles. The van der Waals surface area contributed by atoms with E-state index < -0.39 is 0 Å². The van der Waals surface area contributed by atoms with E-state index in [9.17, 15) is 0 Å². The number of rotatable bonds is 5. The Kier molecular flexibility index (Phi) is 4.15. The number of hydrogen-bond acceptors (Lipinski definition) is 3. The van der Waals surface area contributed by atoms with Gasteiger partial charge < -0.3 is 9.73 Å². The largest absolute Gasteiger partial charge is 0.468 e. The van der Waals surface area contributed by atoms with Crippen molar-refractivity contribution in [1.29, 1.82) is 0 Å². The summed E-state index contributed by atoms with van der Waals surface area (Å²) >= 11 is 2.04. The summed E-state index contributed by atoms with van der Waals surface area (Å²) in [4.78, 5) is 0. The van der Waals surface area contributed by atoms with Crippen molar-refractivity contribution in [3.8, 4) is 0 Å². The third-order valence-electron chi connectivity index (χ3n) is 2.92. The third kappa shape index (κ3) is 3.28.